The Balaban J connectivity index is 1.51. The van der Waals surface area contributed by atoms with Gasteiger partial charge in [0.25, 0.3) is 11.8 Å². The van der Waals surface area contributed by atoms with E-state index in [9.17, 15) is 23.6 Å². The minimum absolute atomic E-state index is 0.0311. The molecule has 0 spiro atoms. The number of thioether (sulfide) groups is 1. The van der Waals surface area contributed by atoms with Crippen molar-refractivity contribution in [2.24, 2.45) is 0 Å². The molecule has 34 heavy (non-hydrogen) atoms. The van der Waals surface area contributed by atoms with E-state index in [-0.39, 0.29) is 24.0 Å². The molecule has 1 aromatic rings. The molecule has 1 fully saturated rings. The largest absolute Gasteiger partial charge is 0.304 e. The predicted molar refractivity (Wildman–Crippen MR) is 129 cm³/mol. The topological polar surface area (TPSA) is 86.8 Å². The van der Waals surface area contributed by atoms with E-state index < -0.39 is 35.5 Å². The first-order valence-electron chi connectivity index (χ1n) is 12.3. The molecule has 2 aliphatic heterocycles. The van der Waals surface area contributed by atoms with Crippen LogP contribution < -0.4 is 5.32 Å². The molecule has 0 aromatic heterocycles. The Morgan fingerprint density at radius 3 is 2.29 bits per heavy atom. The van der Waals surface area contributed by atoms with E-state index in [2.05, 4.69) is 24.1 Å². The SMILES string of the molecule is CCN(CC)CCCCCCCCSc1ccc(F)c2c1C(=O)N(C1CCC(=O)NC1=O)C2=O. The van der Waals surface area contributed by atoms with Crippen LogP contribution in [0.2, 0.25) is 0 Å². The Morgan fingerprint density at radius 2 is 1.62 bits per heavy atom. The summed E-state index contributed by atoms with van der Waals surface area (Å²) in [5, 5.41) is 2.16. The highest BCUT2D eigenvalue weighted by Gasteiger charge is 2.47. The van der Waals surface area contributed by atoms with Crippen molar-refractivity contribution >= 4 is 35.4 Å². The number of imide groups is 2. The van der Waals surface area contributed by atoms with Gasteiger partial charge in [-0.05, 0) is 56.8 Å². The van der Waals surface area contributed by atoms with Crippen molar-refractivity contribution in [3.8, 4) is 0 Å². The van der Waals surface area contributed by atoms with Crippen molar-refractivity contribution in [3.05, 3.63) is 29.1 Å². The first-order valence-corrected chi connectivity index (χ1v) is 13.3. The van der Waals surface area contributed by atoms with Crippen LogP contribution in [0.25, 0.3) is 0 Å². The summed E-state index contributed by atoms with van der Waals surface area (Å²) >= 11 is 1.44. The number of rotatable bonds is 13. The number of fused-ring (bicyclic) bond motifs is 1. The summed E-state index contributed by atoms with van der Waals surface area (Å²) in [5.41, 5.74) is -0.232. The number of benzene rings is 1. The highest BCUT2D eigenvalue weighted by Crippen LogP contribution is 2.36. The Morgan fingerprint density at radius 1 is 0.971 bits per heavy atom. The molecular formula is C25H34FN3O4S. The first-order chi connectivity index (χ1) is 16.4. The summed E-state index contributed by atoms with van der Waals surface area (Å²) in [7, 11) is 0. The third-order valence-electron chi connectivity index (χ3n) is 6.52. The maximum Gasteiger partial charge on any atom is 0.265 e. The summed E-state index contributed by atoms with van der Waals surface area (Å²) in [5.74, 6) is -2.61. The number of carbonyl (C=O) groups is 4. The molecule has 1 unspecified atom stereocenters. The van der Waals surface area contributed by atoms with E-state index in [0.717, 1.165) is 49.5 Å². The fourth-order valence-corrected chi connectivity index (χ4v) is 5.58. The summed E-state index contributed by atoms with van der Waals surface area (Å²) in [6.45, 7) is 7.72. The highest BCUT2D eigenvalue weighted by molar-refractivity contribution is 7.99. The lowest BCUT2D eigenvalue weighted by atomic mass is 10.0. The zero-order valence-electron chi connectivity index (χ0n) is 20.0. The minimum atomic E-state index is -1.09. The van der Waals surface area contributed by atoms with Gasteiger partial charge >= 0.3 is 0 Å². The Labute approximate surface area is 204 Å². The van der Waals surface area contributed by atoms with Gasteiger partial charge in [0, 0.05) is 11.3 Å². The lowest BCUT2D eigenvalue weighted by Gasteiger charge is -2.27. The summed E-state index contributed by atoms with van der Waals surface area (Å²) < 4.78 is 14.5. The van der Waals surface area contributed by atoms with Gasteiger partial charge in [0.15, 0.2) is 0 Å². The monoisotopic (exact) mass is 491 g/mol. The van der Waals surface area contributed by atoms with E-state index in [1.165, 1.54) is 43.2 Å². The number of nitrogens with one attached hydrogen (secondary N) is 1. The molecule has 2 heterocycles. The van der Waals surface area contributed by atoms with Gasteiger partial charge in [0.2, 0.25) is 11.8 Å². The normalized spacial score (nSPS) is 18.1. The third kappa shape index (κ3) is 6.05. The molecule has 0 aliphatic carbocycles. The first kappa shape index (κ1) is 26.3. The van der Waals surface area contributed by atoms with Crippen LogP contribution in [0, 0.1) is 5.82 Å². The number of hydrogen-bond acceptors (Lipinski definition) is 6. The highest BCUT2D eigenvalue weighted by atomic mass is 32.2. The molecule has 3 rings (SSSR count). The van der Waals surface area contributed by atoms with E-state index in [1.54, 1.807) is 0 Å². The zero-order valence-corrected chi connectivity index (χ0v) is 20.8. The quantitative estimate of drug-likeness (QED) is 0.255. The van der Waals surface area contributed by atoms with Gasteiger partial charge in [-0.1, -0.05) is 39.5 Å². The minimum Gasteiger partial charge on any atom is -0.304 e. The van der Waals surface area contributed by atoms with Gasteiger partial charge in [-0.25, -0.2) is 4.39 Å². The number of hydrogen-bond donors (Lipinski definition) is 1. The second kappa shape index (κ2) is 12.4. The molecule has 1 saturated heterocycles. The lowest BCUT2D eigenvalue weighted by molar-refractivity contribution is -0.136. The molecule has 1 N–H and O–H groups in total. The van der Waals surface area contributed by atoms with Gasteiger partial charge in [-0.15, -0.1) is 11.8 Å². The van der Waals surface area contributed by atoms with Gasteiger partial charge in [0.1, 0.15) is 11.9 Å². The Hall–Kier alpha value is -2.26. The van der Waals surface area contributed by atoms with Crippen molar-refractivity contribution in [1.82, 2.24) is 15.1 Å². The van der Waals surface area contributed by atoms with Crippen LogP contribution in [0.3, 0.4) is 0 Å². The van der Waals surface area contributed by atoms with Gasteiger partial charge in [-0.2, -0.15) is 0 Å². The fraction of sp³-hybridized carbons (Fsp3) is 0.600. The third-order valence-corrected chi connectivity index (χ3v) is 7.67. The van der Waals surface area contributed by atoms with Crippen LogP contribution in [-0.4, -0.2) is 64.9 Å². The van der Waals surface area contributed by atoms with Crippen molar-refractivity contribution in [3.63, 3.8) is 0 Å². The lowest BCUT2D eigenvalue weighted by Crippen LogP contribution is -2.54. The van der Waals surface area contributed by atoms with Crippen molar-refractivity contribution in [1.29, 1.82) is 0 Å². The summed E-state index contributed by atoms with van der Waals surface area (Å²) in [4.78, 5) is 53.4. The Bertz CT molecular complexity index is 935. The maximum absolute atomic E-state index is 14.5. The molecule has 186 valence electrons. The second-order valence-corrected chi connectivity index (χ2v) is 9.88. The van der Waals surface area contributed by atoms with E-state index in [4.69, 9.17) is 0 Å². The van der Waals surface area contributed by atoms with Crippen LogP contribution in [0.1, 0.15) is 85.9 Å². The van der Waals surface area contributed by atoms with Crippen molar-refractivity contribution in [2.45, 2.75) is 76.2 Å². The fourth-order valence-electron chi connectivity index (χ4n) is 4.51. The molecule has 7 nitrogen and oxygen atoms in total. The smallest absolute Gasteiger partial charge is 0.265 e. The molecule has 2 aliphatic rings. The zero-order chi connectivity index (χ0) is 24.7. The van der Waals surface area contributed by atoms with Gasteiger partial charge < -0.3 is 4.90 Å². The van der Waals surface area contributed by atoms with Crippen LogP contribution in [0.15, 0.2) is 17.0 Å². The molecule has 0 bridgehead atoms. The van der Waals surface area contributed by atoms with Gasteiger partial charge in [0.05, 0.1) is 11.1 Å². The van der Waals surface area contributed by atoms with Crippen LogP contribution in [0.5, 0.6) is 0 Å². The number of unbranched alkanes of at least 4 members (excludes halogenated alkanes) is 5. The molecule has 1 atom stereocenters. The van der Waals surface area contributed by atoms with Crippen LogP contribution in [0.4, 0.5) is 4.39 Å². The number of nitrogens with zero attached hydrogens (tertiary/aromatic N) is 2. The number of halogens is 1. The van der Waals surface area contributed by atoms with Crippen LogP contribution >= 0.6 is 11.8 Å². The molecular weight excluding hydrogens is 457 g/mol. The molecule has 9 heteroatoms. The average Bonchev–Trinajstić information content (AvgIpc) is 3.08. The van der Waals surface area contributed by atoms with Crippen LogP contribution in [-0.2, 0) is 9.59 Å². The second-order valence-electron chi connectivity index (χ2n) is 8.74. The maximum atomic E-state index is 14.5. The van der Waals surface area contributed by atoms with Gasteiger partial charge in [-0.3, -0.25) is 29.4 Å². The number of carbonyl (C=O) groups excluding carboxylic acids is 4. The predicted octanol–water partition coefficient (Wildman–Crippen LogP) is 4.00. The summed E-state index contributed by atoms with van der Waals surface area (Å²) in [6.07, 6.45) is 6.92. The summed E-state index contributed by atoms with van der Waals surface area (Å²) in [6, 6.07) is 1.64. The standard InChI is InChI=1S/C25H34FN3O4S/c1-3-28(4-2)15-9-7-5-6-8-10-16-34-19-13-11-17(26)21-22(19)25(33)29(24(21)32)18-12-14-20(30)27-23(18)31/h11,13,18H,3-10,12,14-16H2,1-2H3,(H,27,30,31). The average molecular weight is 492 g/mol. The molecule has 0 saturated carbocycles. The van der Waals surface area contributed by atoms with E-state index in [1.807, 2.05) is 0 Å². The van der Waals surface area contributed by atoms with E-state index >= 15 is 0 Å². The van der Waals surface area contributed by atoms with E-state index in [0.29, 0.717) is 4.90 Å². The molecule has 4 amide bonds. The van der Waals surface area contributed by atoms with Crippen molar-refractivity contribution < 1.29 is 23.6 Å². The number of piperidine rings is 1. The Kier molecular flexibility index (Phi) is 9.64. The molecule has 0 radical (unpaired) electrons. The number of amides is 4. The molecule has 1 aromatic carbocycles. The van der Waals surface area contributed by atoms with Crippen molar-refractivity contribution in [2.75, 3.05) is 25.4 Å².